The van der Waals surface area contributed by atoms with Crippen molar-refractivity contribution >= 4 is 31.6 Å². The van der Waals surface area contributed by atoms with Crippen molar-refractivity contribution in [1.82, 2.24) is 16.0 Å². The van der Waals surface area contributed by atoms with E-state index < -0.39 is 42.0 Å². The monoisotopic (exact) mass is 570 g/mol. The molecule has 2 rings (SSSR count). The van der Waals surface area contributed by atoms with Gasteiger partial charge >= 0.3 is 19.7 Å². The molecule has 0 saturated carbocycles. The average Bonchev–Trinajstić information content (AvgIpc) is 2.91. The van der Waals surface area contributed by atoms with Crippen LogP contribution < -0.4 is 16.0 Å². The Labute approximate surface area is 242 Å². The quantitative estimate of drug-likeness (QED) is 0.188. The second-order valence-corrected chi connectivity index (χ2v) is 10.3. The predicted octanol–water partition coefficient (Wildman–Crippen LogP) is 2.18. The highest BCUT2D eigenvalue weighted by atomic mass is 16.5. The number of hydrogen-bond acceptors (Lipinski definition) is 7. The number of amides is 3. The van der Waals surface area contributed by atoms with Crippen LogP contribution in [0.4, 0.5) is 4.79 Å². The van der Waals surface area contributed by atoms with E-state index in [1.54, 1.807) is 24.3 Å². The highest BCUT2D eigenvalue weighted by Gasteiger charge is 2.30. The predicted molar refractivity (Wildman–Crippen MR) is 154 cm³/mol. The lowest BCUT2D eigenvalue weighted by atomic mass is 9.99. The van der Waals surface area contributed by atoms with Crippen molar-refractivity contribution in [2.45, 2.75) is 71.7 Å². The zero-order valence-corrected chi connectivity index (χ0v) is 23.9. The Morgan fingerprint density at radius 2 is 1.12 bits per heavy atom. The first-order chi connectivity index (χ1) is 19.5. The van der Waals surface area contributed by atoms with Crippen LogP contribution in [-0.2, 0) is 32.1 Å². The maximum Gasteiger partial charge on any atom is 0.482 e. The van der Waals surface area contributed by atoms with E-state index in [2.05, 4.69) is 16.0 Å². The van der Waals surface area contributed by atoms with Crippen LogP contribution in [0.25, 0.3) is 0 Å². The number of carboxylic acid groups (broad SMARTS) is 1. The molecule has 0 bridgehead atoms. The molecule has 41 heavy (non-hydrogen) atoms. The van der Waals surface area contributed by atoms with Gasteiger partial charge in [-0.15, -0.1) is 0 Å². The van der Waals surface area contributed by atoms with Crippen LogP contribution >= 0.6 is 0 Å². The number of carbonyl (C=O) groups excluding carboxylic acids is 3. The van der Waals surface area contributed by atoms with Crippen LogP contribution in [0.1, 0.15) is 51.7 Å². The molecule has 12 heteroatoms. The van der Waals surface area contributed by atoms with Crippen LogP contribution in [0.2, 0.25) is 0 Å². The van der Waals surface area contributed by atoms with Gasteiger partial charge in [0, 0.05) is 6.42 Å². The molecular weight excluding hydrogens is 529 g/mol. The minimum atomic E-state index is -1.17. The SMILES string of the molecule is CC(C)C[C@H](NC(=O)OCc1ccccc1)C(=O)N[C@@H](CC(C)C)C(=O)N[C@@H](Cc1ccccc1)C(=O)O.O[B]O. The number of aliphatic carboxylic acids is 1. The van der Waals surface area contributed by atoms with Gasteiger partial charge in [-0.05, 0) is 35.8 Å². The number of alkyl carbamates (subject to hydrolysis) is 1. The second kappa shape index (κ2) is 19.2. The summed E-state index contributed by atoms with van der Waals surface area (Å²) in [5.74, 6) is -2.19. The van der Waals surface area contributed by atoms with Crippen LogP contribution in [0.5, 0.6) is 0 Å². The third kappa shape index (κ3) is 14.9. The fourth-order valence-electron chi connectivity index (χ4n) is 3.91. The molecule has 2 aromatic carbocycles. The van der Waals surface area contributed by atoms with E-state index in [-0.39, 0.29) is 32.5 Å². The smallest absolute Gasteiger partial charge is 0.480 e. The van der Waals surface area contributed by atoms with Gasteiger partial charge in [0.2, 0.25) is 11.8 Å². The summed E-state index contributed by atoms with van der Waals surface area (Å²) in [6, 6.07) is 15.1. The van der Waals surface area contributed by atoms with E-state index in [1.165, 1.54) is 0 Å². The molecular formula is C29H41BN3O8. The molecule has 0 unspecified atom stereocenters. The fourth-order valence-corrected chi connectivity index (χ4v) is 3.91. The Morgan fingerprint density at radius 3 is 1.56 bits per heavy atom. The van der Waals surface area contributed by atoms with Crippen LogP contribution in [0.3, 0.4) is 0 Å². The Hall–Kier alpha value is -3.90. The first-order valence-corrected chi connectivity index (χ1v) is 13.4. The molecule has 0 aliphatic rings. The number of carbonyl (C=O) groups is 4. The van der Waals surface area contributed by atoms with Crippen molar-refractivity contribution in [1.29, 1.82) is 0 Å². The number of hydrogen-bond donors (Lipinski definition) is 6. The Bertz CT molecular complexity index is 1070. The lowest BCUT2D eigenvalue weighted by Gasteiger charge is -2.26. The summed E-state index contributed by atoms with van der Waals surface area (Å²) in [7, 11) is 0. The van der Waals surface area contributed by atoms with Gasteiger partial charge in [-0.1, -0.05) is 88.4 Å². The molecule has 223 valence electrons. The second-order valence-electron chi connectivity index (χ2n) is 10.3. The van der Waals surface area contributed by atoms with Crippen molar-refractivity contribution in [3.8, 4) is 0 Å². The molecule has 1 radical (unpaired) electrons. The molecule has 11 nitrogen and oxygen atoms in total. The van der Waals surface area contributed by atoms with Crippen molar-refractivity contribution in [3.05, 3.63) is 71.8 Å². The van der Waals surface area contributed by atoms with E-state index in [4.69, 9.17) is 14.8 Å². The van der Waals surface area contributed by atoms with Gasteiger partial charge in [-0.3, -0.25) is 9.59 Å². The van der Waals surface area contributed by atoms with E-state index in [9.17, 15) is 24.3 Å². The molecule has 3 amide bonds. The lowest BCUT2D eigenvalue weighted by molar-refractivity contribution is -0.142. The highest BCUT2D eigenvalue weighted by molar-refractivity contribution is 6.13. The summed E-state index contributed by atoms with van der Waals surface area (Å²) in [4.78, 5) is 50.7. The van der Waals surface area contributed by atoms with Gasteiger partial charge in [-0.25, -0.2) is 9.59 Å². The third-order valence-corrected chi connectivity index (χ3v) is 5.77. The van der Waals surface area contributed by atoms with Crippen LogP contribution in [-0.4, -0.2) is 64.8 Å². The lowest BCUT2D eigenvalue weighted by Crippen LogP contribution is -2.56. The van der Waals surface area contributed by atoms with E-state index in [0.29, 0.717) is 12.8 Å². The fraction of sp³-hybridized carbons (Fsp3) is 0.448. The van der Waals surface area contributed by atoms with Gasteiger partial charge in [0.25, 0.3) is 0 Å². The standard InChI is InChI=1S/C29H39N3O6.BH2O2/c1-19(2)15-23(26(33)31-25(28(35)36)17-21-11-7-5-8-12-21)30-27(34)24(16-20(3)4)32-29(37)38-18-22-13-9-6-10-14-22;2-1-3/h5-14,19-20,23-25H,15-18H2,1-4H3,(H,30,34)(H,31,33)(H,32,37)(H,35,36);2-3H/t23-,24-,25-;/m0./s1. The van der Waals surface area contributed by atoms with E-state index in [0.717, 1.165) is 11.1 Å². The number of rotatable bonds is 14. The number of nitrogens with one attached hydrogen (secondary N) is 3. The highest BCUT2D eigenvalue weighted by Crippen LogP contribution is 2.11. The molecule has 0 aromatic heterocycles. The van der Waals surface area contributed by atoms with Gasteiger partial charge in [0.1, 0.15) is 24.7 Å². The van der Waals surface area contributed by atoms with E-state index >= 15 is 0 Å². The van der Waals surface area contributed by atoms with E-state index in [1.807, 2.05) is 64.1 Å². The molecule has 0 aliphatic heterocycles. The Morgan fingerprint density at radius 1 is 0.707 bits per heavy atom. The van der Waals surface area contributed by atoms with Crippen LogP contribution in [0, 0.1) is 11.8 Å². The average molecular weight is 570 g/mol. The minimum Gasteiger partial charge on any atom is -0.480 e. The summed E-state index contributed by atoms with van der Waals surface area (Å²) >= 11 is 0. The maximum absolute atomic E-state index is 13.2. The van der Waals surface area contributed by atoms with Gasteiger partial charge in [-0.2, -0.15) is 0 Å². The van der Waals surface area contributed by atoms with Gasteiger partial charge in [0.05, 0.1) is 0 Å². The van der Waals surface area contributed by atoms with Crippen molar-refractivity contribution < 1.29 is 39.1 Å². The zero-order chi connectivity index (χ0) is 30.8. The molecule has 3 atom stereocenters. The molecule has 6 N–H and O–H groups in total. The molecule has 0 spiro atoms. The normalized spacial score (nSPS) is 12.7. The number of benzene rings is 2. The van der Waals surface area contributed by atoms with Crippen molar-refractivity contribution in [3.63, 3.8) is 0 Å². The first-order valence-electron chi connectivity index (χ1n) is 13.4. The molecule has 0 heterocycles. The largest absolute Gasteiger partial charge is 0.482 e. The summed E-state index contributed by atoms with van der Waals surface area (Å²) in [6.07, 6.45) is -0.0149. The third-order valence-electron chi connectivity index (χ3n) is 5.77. The number of carboxylic acids is 1. The maximum atomic E-state index is 13.2. The molecule has 2 aromatic rings. The first kappa shape index (κ1) is 35.1. The van der Waals surface area contributed by atoms with Gasteiger partial charge in [0.15, 0.2) is 0 Å². The zero-order valence-electron chi connectivity index (χ0n) is 23.9. The molecule has 0 aliphatic carbocycles. The number of ether oxygens (including phenoxy) is 1. The Kier molecular flexibility index (Phi) is 16.5. The van der Waals surface area contributed by atoms with Gasteiger partial charge < -0.3 is 35.8 Å². The molecule has 0 fully saturated rings. The molecule has 0 saturated heterocycles. The summed E-state index contributed by atoms with van der Waals surface area (Å²) in [5.41, 5.74) is 1.57. The van der Waals surface area contributed by atoms with Crippen LogP contribution in [0.15, 0.2) is 60.7 Å². The van der Waals surface area contributed by atoms with Crippen molar-refractivity contribution in [2.75, 3.05) is 0 Å². The Balaban J connectivity index is 0.00000268. The summed E-state index contributed by atoms with van der Waals surface area (Å²) in [6.45, 7) is 7.68. The summed E-state index contributed by atoms with van der Waals surface area (Å²) in [5, 5.41) is 31.6. The topological polar surface area (TPSA) is 174 Å². The minimum absolute atomic E-state index is 0. The van der Waals surface area contributed by atoms with Crippen molar-refractivity contribution in [2.24, 2.45) is 11.8 Å². The summed E-state index contributed by atoms with van der Waals surface area (Å²) < 4.78 is 5.27.